The van der Waals surface area contributed by atoms with E-state index in [4.69, 9.17) is 0 Å². The number of likely N-dealkylation sites (N-methyl/N-ethyl adjacent to an activating group) is 1. The van der Waals surface area contributed by atoms with Gasteiger partial charge < -0.3 is 5.11 Å². The van der Waals surface area contributed by atoms with Gasteiger partial charge in [-0.3, -0.25) is 4.90 Å². The molecule has 1 heterocycles. The minimum absolute atomic E-state index is 0.335. The van der Waals surface area contributed by atoms with Crippen molar-refractivity contribution in [3.8, 4) is 5.75 Å². The molecule has 2 atom stereocenters. The summed E-state index contributed by atoms with van der Waals surface area (Å²) in [5.41, 5.74) is 0. The molecule has 1 aromatic rings. The van der Waals surface area contributed by atoms with Gasteiger partial charge in [-0.2, -0.15) is 0 Å². The van der Waals surface area contributed by atoms with E-state index in [1.807, 2.05) is 30.0 Å². The first kappa shape index (κ1) is 12.5. The summed E-state index contributed by atoms with van der Waals surface area (Å²) >= 11 is 1.91. The van der Waals surface area contributed by atoms with Crippen LogP contribution in [0.1, 0.15) is 12.8 Å². The van der Waals surface area contributed by atoms with E-state index in [1.54, 1.807) is 12.1 Å². The number of rotatable bonds is 3. The lowest BCUT2D eigenvalue weighted by Crippen LogP contribution is -2.39. The molecular formula is C14H19NOS. The molecule has 17 heavy (non-hydrogen) atoms. The van der Waals surface area contributed by atoms with Gasteiger partial charge in [0.2, 0.25) is 0 Å². The van der Waals surface area contributed by atoms with Crippen LogP contribution in [-0.2, 0) is 0 Å². The van der Waals surface area contributed by atoms with Gasteiger partial charge in [0.05, 0.1) is 0 Å². The average Bonchev–Trinajstić information content (AvgIpc) is 2.34. The van der Waals surface area contributed by atoms with Gasteiger partial charge in [-0.15, -0.1) is 18.3 Å². The van der Waals surface area contributed by atoms with Gasteiger partial charge in [-0.1, -0.05) is 6.08 Å². The topological polar surface area (TPSA) is 23.5 Å². The number of piperidine rings is 1. The molecule has 0 amide bonds. The molecule has 0 aromatic heterocycles. The number of hydrogen-bond acceptors (Lipinski definition) is 3. The zero-order chi connectivity index (χ0) is 12.3. The highest BCUT2D eigenvalue weighted by atomic mass is 32.2. The number of nitrogens with zero attached hydrogens (tertiary/aromatic N) is 1. The Morgan fingerprint density at radius 1 is 1.41 bits per heavy atom. The molecule has 3 heteroatoms. The van der Waals surface area contributed by atoms with Crippen molar-refractivity contribution in [3.63, 3.8) is 0 Å². The van der Waals surface area contributed by atoms with Gasteiger partial charge in [0.15, 0.2) is 0 Å². The highest BCUT2D eigenvalue weighted by molar-refractivity contribution is 8.00. The molecule has 1 fully saturated rings. The van der Waals surface area contributed by atoms with Gasteiger partial charge in [-0.05, 0) is 50.7 Å². The highest BCUT2D eigenvalue weighted by Gasteiger charge is 2.24. The number of hydrogen-bond donors (Lipinski definition) is 1. The molecule has 2 unspecified atom stereocenters. The van der Waals surface area contributed by atoms with Gasteiger partial charge in [0, 0.05) is 16.2 Å². The van der Waals surface area contributed by atoms with Crippen molar-refractivity contribution >= 4 is 11.8 Å². The minimum atomic E-state index is 0.335. The third kappa shape index (κ3) is 3.27. The fraction of sp³-hybridized carbons (Fsp3) is 0.429. The molecule has 1 aliphatic rings. The summed E-state index contributed by atoms with van der Waals surface area (Å²) in [7, 11) is 2.16. The summed E-state index contributed by atoms with van der Waals surface area (Å²) in [6, 6.07) is 7.98. The number of thioether (sulfide) groups is 1. The van der Waals surface area contributed by atoms with Crippen LogP contribution in [0.25, 0.3) is 0 Å². The molecule has 1 N–H and O–H groups in total. The summed E-state index contributed by atoms with van der Waals surface area (Å²) in [4.78, 5) is 3.60. The molecule has 0 saturated carbocycles. The molecule has 1 saturated heterocycles. The highest BCUT2D eigenvalue weighted by Crippen LogP contribution is 2.33. The lowest BCUT2D eigenvalue weighted by molar-refractivity contribution is 0.227. The minimum Gasteiger partial charge on any atom is -0.508 e. The van der Waals surface area contributed by atoms with Crippen molar-refractivity contribution in [2.75, 3.05) is 13.6 Å². The van der Waals surface area contributed by atoms with Crippen LogP contribution in [0, 0.1) is 0 Å². The van der Waals surface area contributed by atoms with E-state index in [9.17, 15) is 5.11 Å². The molecule has 2 rings (SSSR count). The van der Waals surface area contributed by atoms with E-state index in [1.165, 1.54) is 11.3 Å². The zero-order valence-electron chi connectivity index (χ0n) is 10.2. The largest absolute Gasteiger partial charge is 0.508 e. The maximum Gasteiger partial charge on any atom is 0.115 e. The van der Waals surface area contributed by atoms with Crippen molar-refractivity contribution in [2.24, 2.45) is 0 Å². The van der Waals surface area contributed by atoms with Gasteiger partial charge in [0.25, 0.3) is 0 Å². The van der Waals surface area contributed by atoms with Crippen LogP contribution in [0.2, 0.25) is 0 Å². The van der Waals surface area contributed by atoms with Gasteiger partial charge in [-0.25, -0.2) is 0 Å². The van der Waals surface area contributed by atoms with E-state index >= 15 is 0 Å². The lowest BCUT2D eigenvalue weighted by Gasteiger charge is -2.35. The second-order valence-corrected chi connectivity index (χ2v) is 5.92. The molecule has 0 radical (unpaired) electrons. The van der Waals surface area contributed by atoms with Crippen molar-refractivity contribution in [1.29, 1.82) is 0 Å². The standard InChI is InChI=1S/C14H19NOS/c1-3-11-10-14(8-9-15(11)2)17-13-6-4-12(16)5-7-13/h3-7,11,14,16H,1,8-10H2,2H3. The van der Waals surface area contributed by atoms with Crippen LogP contribution < -0.4 is 0 Å². The number of phenolic OH excluding ortho intramolecular Hbond substituents is 1. The first-order valence-corrected chi connectivity index (χ1v) is 6.85. The third-order valence-corrected chi connectivity index (χ3v) is 4.59. The number of benzene rings is 1. The Bertz CT molecular complexity index is 376. The molecule has 1 aliphatic heterocycles. The SMILES string of the molecule is C=CC1CC(Sc2ccc(O)cc2)CCN1C. The first-order valence-electron chi connectivity index (χ1n) is 5.97. The van der Waals surface area contributed by atoms with Gasteiger partial charge >= 0.3 is 0 Å². The Kier molecular flexibility index (Phi) is 4.13. The van der Waals surface area contributed by atoms with Crippen LogP contribution in [0.3, 0.4) is 0 Å². The van der Waals surface area contributed by atoms with Crippen molar-refractivity contribution < 1.29 is 5.11 Å². The fourth-order valence-corrected chi connectivity index (χ4v) is 3.38. The molecule has 92 valence electrons. The molecule has 1 aromatic carbocycles. The van der Waals surface area contributed by atoms with Crippen LogP contribution in [0.4, 0.5) is 0 Å². The lowest BCUT2D eigenvalue weighted by atomic mass is 10.0. The van der Waals surface area contributed by atoms with E-state index < -0.39 is 0 Å². The van der Waals surface area contributed by atoms with Crippen molar-refractivity contribution in [3.05, 3.63) is 36.9 Å². The summed E-state index contributed by atoms with van der Waals surface area (Å²) in [6.07, 6.45) is 4.42. The Morgan fingerprint density at radius 3 is 2.76 bits per heavy atom. The van der Waals surface area contributed by atoms with E-state index in [2.05, 4.69) is 18.5 Å². The quantitative estimate of drug-likeness (QED) is 0.833. The summed E-state index contributed by atoms with van der Waals surface area (Å²) in [5.74, 6) is 0.335. The number of phenols is 1. The van der Waals surface area contributed by atoms with E-state index in [0.717, 1.165) is 13.0 Å². The van der Waals surface area contributed by atoms with Crippen molar-refractivity contribution in [2.45, 2.75) is 29.0 Å². The second-order valence-electron chi connectivity index (χ2n) is 4.54. The summed E-state index contributed by atoms with van der Waals surface area (Å²) in [6.45, 7) is 5.04. The smallest absolute Gasteiger partial charge is 0.115 e. The van der Waals surface area contributed by atoms with Crippen LogP contribution >= 0.6 is 11.8 Å². The second kappa shape index (κ2) is 5.61. The van der Waals surface area contributed by atoms with Crippen LogP contribution in [-0.4, -0.2) is 34.9 Å². The summed E-state index contributed by atoms with van der Waals surface area (Å²) < 4.78 is 0. The maximum absolute atomic E-state index is 9.25. The van der Waals surface area contributed by atoms with Gasteiger partial charge in [0.1, 0.15) is 5.75 Å². The number of likely N-dealkylation sites (tertiary alicyclic amines) is 1. The Labute approximate surface area is 107 Å². The predicted octanol–water partition coefficient (Wildman–Crippen LogP) is 3.13. The molecule has 0 spiro atoms. The summed E-state index contributed by atoms with van der Waals surface area (Å²) in [5, 5.41) is 9.90. The molecular weight excluding hydrogens is 230 g/mol. The van der Waals surface area contributed by atoms with E-state index in [-0.39, 0.29) is 0 Å². The van der Waals surface area contributed by atoms with Crippen molar-refractivity contribution in [1.82, 2.24) is 4.90 Å². The molecule has 0 bridgehead atoms. The third-order valence-electron chi connectivity index (χ3n) is 3.29. The van der Waals surface area contributed by atoms with Crippen LogP contribution in [0.5, 0.6) is 5.75 Å². The Balaban J connectivity index is 1.95. The average molecular weight is 249 g/mol. The Hall–Kier alpha value is -0.930. The normalized spacial score (nSPS) is 25.7. The Morgan fingerprint density at radius 2 is 2.12 bits per heavy atom. The fourth-order valence-electron chi connectivity index (χ4n) is 2.18. The number of aromatic hydroxyl groups is 1. The molecule has 0 aliphatic carbocycles. The maximum atomic E-state index is 9.25. The molecule has 2 nitrogen and oxygen atoms in total. The monoisotopic (exact) mass is 249 g/mol. The predicted molar refractivity (Wildman–Crippen MR) is 73.6 cm³/mol. The first-order chi connectivity index (χ1) is 8.19. The zero-order valence-corrected chi connectivity index (χ0v) is 11.0. The van der Waals surface area contributed by atoms with Crippen LogP contribution in [0.15, 0.2) is 41.8 Å². The van der Waals surface area contributed by atoms with E-state index in [0.29, 0.717) is 17.0 Å².